The van der Waals surface area contributed by atoms with E-state index < -0.39 is 5.83 Å². The van der Waals surface area contributed by atoms with Gasteiger partial charge in [-0.2, -0.15) is 0 Å². The summed E-state index contributed by atoms with van der Waals surface area (Å²) in [4.78, 5) is 6.44. The molecule has 4 rings (SSSR count). The van der Waals surface area contributed by atoms with Crippen molar-refractivity contribution in [1.82, 2.24) is 15.2 Å². The van der Waals surface area contributed by atoms with Gasteiger partial charge in [-0.05, 0) is 34.9 Å². The lowest BCUT2D eigenvalue weighted by atomic mass is 10.00. The average Bonchev–Trinajstić information content (AvgIpc) is 3.13. The highest BCUT2D eigenvalue weighted by Gasteiger charge is 2.22. The zero-order valence-corrected chi connectivity index (χ0v) is 15.2. The van der Waals surface area contributed by atoms with Gasteiger partial charge in [0, 0.05) is 31.8 Å². The van der Waals surface area contributed by atoms with Gasteiger partial charge in [0.05, 0.1) is 5.03 Å². The van der Waals surface area contributed by atoms with Crippen LogP contribution in [0.3, 0.4) is 0 Å². The Morgan fingerprint density at radius 3 is 2.93 bits per heavy atom. The highest BCUT2D eigenvalue weighted by molar-refractivity contribution is 6.34. The molecule has 1 aromatic heterocycles. The van der Waals surface area contributed by atoms with Gasteiger partial charge in [0.15, 0.2) is 11.5 Å². The molecule has 27 heavy (non-hydrogen) atoms. The number of halogens is 2. The van der Waals surface area contributed by atoms with Crippen LogP contribution in [-0.4, -0.2) is 33.3 Å². The van der Waals surface area contributed by atoms with Crippen molar-refractivity contribution in [2.45, 2.75) is 25.9 Å². The van der Waals surface area contributed by atoms with Gasteiger partial charge in [0.2, 0.25) is 0 Å². The summed E-state index contributed by atoms with van der Waals surface area (Å²) in [5.41, 5.74) is 4.02. The number of nitrogens with one attached hydrogen (secondary N) is 1. The maximum atomic E-state index is 13.3. The molecule has 138 valence electrons. The maximum absolute atomic E-state index is 13.3. The summed E-state index contributed by atoms with van der Waals surface area (Å²) in [5.74, 6) is -0.550. The maximum Gasteiger partial charge on any atom is 0.176 e. The minimum absolute atomic E-state index is 0.0155. The molecule has 0 saturated heterocycles. The van der Waals surface area contributed by atoms with E-state index in [4.69, 9.17) is 21.6 Å². The third kappa shape index (κ3) is 3.89. The standard InChI is InChI=1S/C19H17ClFN5O/c20-15-9-14(5-6-16(15)21)23-19(22)18-17(24-27-25-18)11-26-8-7-12-3-1-2-4-13(12)10-26/h1-4,6,9,22H,5,7-8,10-11H2. The van der Waals surface area contributed by atoms with E-state index in [1.807, 2.05) is 6.07 Å². The molecular weight excluding hydrogens is 369 g/mol. The third-order valence-corrected chi connectivity index (χ3v) is 4.92. The van der Waals surface area contributed by atoms with E-state index in [1.165, 1.54) is 23.3 Å². The summed E-state index contributed by atoms with van der Waals surface area (Å²) in [6, 6.07) is 8.38. The molecule has 8 heteroatoms. The smallest absolute Gasteiger partial charge is 0.176 e. The van der Waals surface area contributed by atoms with Crippen LogP contribution in [-0.2, 0) is 19.5 Å². The first-order valence-corrected chi connectivity index (χ1v) is 8.98. The molecule has 0 atom stereocenters. The minimum Gasteiger partial charge on any atom is -0.293 e. The molecule has 0 fully saturated rings. The van der Waals surface area contributed by atoms with Crippen molar-refractivity contribution in [2.75, 3.05) is 6.54 Å². The SMILES string of the molecule is N=C(N=C1C=C(Cl)C(F)=CC1)c1nonc1CN1CCc2ccccc2C1. The second-order valence-corrected chi connectivity index (χ2v) is 6.90. The predicted molar refractivity (Wildman–Crippen MR) is 101 cm³/mol. The molecule has 0 amide bonds. The molecule has 1 aromatic carbocycles. The Bertz CT molecular complexity index is 978. The lowest BCUT2D eigenvalue weighted by molar-refractivity contribution is 0.233. The molecule has 0 radical (unpaired) electrons. The Labute approximate surface area is 160 Å². The number of rotatable bonds is 3. The topological polar surface area (TPSA) is 78.4 Å². The van der Waals surface area contributed by atoms with Gasteiger partial charge in [-0.3, -0.25) is 10.3 Å². The fourth-order valence-electron chi connectivity index (χ4n) is 3.23. The van der Waals surface area contributed by atoms with Crippen molar-refractivity contribution in [1.29, 1.82) is 5.41 Å². The summed E-state index contributed by atoms with van der Waals surface area (Å²) in [6.45, 7) is 2.23. The van der Waals surface area contributed by atoms with Crippen molar-refractivity contribution in [2.24, 2.45) is 4.99 Å². The zero-order chi connectivity index (χ0) is 18.8. The molecule has 0 saturated carbocycles. The molecule has 2 aliphatic rings. The number of hydrogen-bond acceptors (Lipinski definition) is 5. The highest BCUT2D eigenvalue weighted by atomic mass is 35.5. The predicted octanol–water partition coefficient (Wildman–Crippen LogP) is 3.77. The third-order valence-electron chi connectivity index (χ3n) is 4.63. The van der Waals surface area contributed by atoms with Gasteiger partial charge < -0.3 is 0 Å². The molecule has 1 N–H and O–H groups in total. The first-order chi connectivity index (χ1) is 13.1. The summed E-state index contributed by atoms with van der Waals surface area (Å²) >= 11 is 5.78. The van der Waals surface area contributed by atoms with Gasteiger partial charge in [-0.1, -0.05) is 41.0 Å². The number of aromatic nitrogens is 2. The molecule has 0 spiro atoms. The summed E-state index contributed by atoms with van der Waals surface area (Å²) < 4.78 is 18.2. The Hall–Kier alpha value is -2.64. The van der Waals surface area contributed by atoms with Crippen LogP contribution in [0.15, 0.2) is 56.9 Å². The van der Waals surface area contributed by atoms with E-state index in [-0.39, 0.29) is 17.3 Å². The lowest BCUT2D eigenvalue weighted by Crippen LogP contribution is -2.30. The van der Waals surface area contributed by atoms with Crippen molar-refractivity contribution in [3.63, 3.8) is 0 Å². The Kier molecular flexibility index (Phi) is 4.96. The number of hydrogen-bond donors (Lipinski definition) is 1. The Morgan fingerprint density at radius 2 is 2.11 bits per heavy atom. The molecule has 2 aromatic rings. The van der Waals surface area contributed by atoms with Crippen molar-refractivity contribution in [3.05, 3.63) is 69.8 Å². The van der Waals surface area contributed by atoms with Gasteiger partial charge in [0.25, 0.3) is 0 Å². The Balaban J connectivity index is 1.48. The second kappa shape index (κ2) is 7.54. The minimum atomic E-state index is -0.476. The normalized spacial score (nSPS) is 18.8. The van der Waals surface area contributed by atoms with E-state index in [9.17, 15) is 4.39 Å². The number of benzene rings is 1. The molecule has 0 bridgehead atoms. The zero-order valence-electron chi connectivity index (χ0n) is 14.5. The second-order valence-electron chi connectivity index (χ2n) is 6.49. The number of fused-ring (bicyclic) bond motifs is 1. The fraction of sp³-hybridized carbons (Fsp3) is 0.263. The molecular formula is C19H17ClFN5O. The van der Waals surface area contributed by atoms with E-state index in [0.717, 1.165) is 19.5 Å². The van der Waals surface area contributed by atoms with Crippen molar-refractivity contribution >= 4 is 23.1 Å². The summed E-state index contributed by atoms with van der Waals surface area (Å²) in [5, 5.41) is 16.0. The van der Waals surface area contributed by atoms with Crippen LogP contribution >= 0.6 is 11.6 Å². The largest absolute Gasteiger partial charge is 0.293 e. The molecule has 1 aliphatic heterocycles. The average molecular weight is 386 g/mol. The Morgan fingerprint density at radius 1 is 1.30 bits per heavy atom. The van der Waals surface area contributed by atoms with Crippen molar-refractivity contribution < 1.29 is 9.02 Å². The monoisotopic (exact) mass is 385 g/mol. The molecule has 1 aliphatic carbocycles. The van der Waals surface area contributed by atoms with Crippen LogP contribution < -0.4 is 0 Å². The molecule has 0 unspecified atom stereocenters. The van der Waals surface area contributed by atoms with Crippen LogP contribution in [0.25, 0.3) is 0 Å². The van der Waals surface area contributed by atoms with E-state index in [1.54, 1.807) is 0 Å². The first kappa shape index (κ1) is 17.8. The van der Waals surface area contributed by atoms with Gasteiger partial charge >= 0.3 is 0 Å². The summed E-state index contributed by atoms with van der Waals surface area (Å²) in [7, 11) is 0. The van der Waals surface area contributed by atoms with Crippen LogP contribution in [0, 0.1) is 5.41 Å². The van der Waals surface area contributed by atoms with E-state index in [0.29, 0.717) is 23.6 Å². The molecule has 2 heterocycles. The molecule has 6 nitrogen and oxygen atoms in total. The number of allylic oxidation sites excluding steroid dienone is 4. The number of nitrogens with zero attached hydrogens (tertiary/aromatic N) is 4. The summed E-state index contributed by atoms with van der Waals surface area (Å²) in [6.07, 6.45) is 3.99. The number of aliphatic imine (C=N–C) groups is 1. The van der Waals surface area contributed by atoms with Crippen LogP contribution in [0.2, 0.25) is 0 Å². The van der Waals surface area contributed by atoms with Crippen LogP contribution in [0.1, 0.15) is 28.9 Å². The van der Waals surface area contributed by atoms with Gasteiger partial charge in [0.1, 0.15) is 11.5 Å². The lowest BCUT2D eigenvalue weighted by Gasteiger charge is -2.27. The number of amidine groups is 1. The van der Waals surface area contributed by atoms with E-state index >= 15 is 0 Å². The van der Waals surface area contributed by atoms with Crippen LogP contribution in [0.5, 0.6) is 0 Å². The van der Waals surface area contributed by atoms with Crippen LogP contribution in [0.4, 0.5) is 4.39 Å². The highest BCUT2D eigenvalue weighted by Crippen LogP contribution is 2.23. The quantitative estimate of drug-likeness (QED) is 0.644. The van der Waals surface area contributed by atoms with E-state index in [2.05, 4.69) is 38.4 Å². The van der Waals surface area contributed by atoms with Gasteiger partial charge in [-0.15, -0.1) is 0 Å². The van der Waals surface area contributed by atoms with Gasteiger partial charge in [-0.25, -0.2) is 14.0 Å². The fourth-order valence-corrected chi connectivity index (χ4v) is 3.43. The first-order valence-electron chi connectivity index (χ1n) is 8.60. The van der Waals surface area contributed by atoms with Crippen molar-refractivity contribution in [3.8, 4) is 0 Å².